The smallest absolute Gasteiger partial charge is 0.311 e. The zero-order valence-electron chi connectivity index (χ0n) is 9.75. The summed E-state index contributed by atoms with van der Waals surface area (Å²) >= 11 is 5.55. The Hall–Kier alpha value is -1.43. The second-order valence-corrected chi connectivity index (χ2v) is 3.75. The number of carbonyl (C=O) groups excluding carboxylic acids is 1. The first kappa shape index (κ1) is 14.6. The molecule has 0 unspecified atom stereocenters. The number of pyridine rings is 1. The van der Waals surface area contributed by atoms with Gasteiger partial charge in [-0.05, 0) is 13.0 Å². The second kappa shape index (κ2) is 6.49. The monoisotopic (exact) mass is 278 g/mol. The number of hydrogen-bond donors (Lipinski definition) is 1. The summed E-state index contributed by atoms with van der Waals surface area (Å²) in [5.41, 5.74) is 5.29. The minimum Gasteiger partial charge on any atom is -0.466 e. The number of rotatable bonds is 5. The van der Waals surface area contributed by atoms with Crippen LogP contribution < -0.4 is 5.73 Å². The summed E-state index contributed by atoms with van der Waals surface area (Å²) in [5, 5.41) is 0. The van der Waals surface area contributed by atoms with Gasteiger partial charge in [0.1, 0.15) is 0 Å². The number of esters is 1. The Morgan fingerprint density at radius 1 is 1.61 bits per heavy atom. The van der Waals surface area contributed by atoms with Crippen molar-refractivity contribution in [1.82, 2.24) is 4.98 Å². The summed E-state index contributed by atoms with van der Waals surface area (Å²) in [6.07, 6.45) is -2.87. The van der Waals surface area contributed by atoms with Crippen molar-refractivity contribution in [1.29, 1.82) is 0 Å². The van der Waals surface area contributed by atoms with Crippen LogP contribution in [0.4, 0.5) is 14.5 Å². The Kier molecular flexibility index (Phi) is 5.27. The molecule has 0 aliphatic carbocycles. The third-order valence-corrected chi connectivity index (χ3v) is 2.45. The van der Waals surface area contributed by atoms with Crippen molar-refractivity contribution in [2.75, 3.05) is 12.3 Å². The number of nitrogen functional groups attached to an aromatic ring is 1. The maximum atomic E-state index is 12.7. The van der Waals surface area contributed by atoms with E-state index in [-0.39, 0.29) is 41.5 Å². The summed E-state index contributed by atoms with van der Waals surface area (Å²) in [5.74, 6) is -0.685. The Labute approximate surface area is 108 Å². The van der Waals surface area contributed by atoms with Gasteiger partial charge in [-0.2, -0.15) is 0 Å². The number of alkyl halides is 3. The number of anilines is 1. The van der Waals surface area contributed by atoms with Gasteiger partial charge in [0, 0.05) is 5.69 Å². The third-order valence-electron chi connectivity index (χ3n) is 2.20. The van der Waals surface area contributed by atoms with Crippen molar-refractivity contribution < 1.29 is 18.3 Å². The van der Waals surface area contributed by atoms with Crippen molar-refractivity contribution in [3.63, 3.8) is 0 Å². The lowest BCUT2D eigenvalue weighted by molar-refractivity contribution is -0.142. The van der Waals surface area contributed by atoms with Gasteiger partial charge < -0.3 is 10.5 Å². The SMILES string of the molecule is CCOC(=O)Cc1cc(N)c(C(F)F)c(CCl)n1. The predicted octanol–water partition coefficient (Wildman–Crippen LogP) is 2.45. The normalized spacial score (nSPS) is 10.7. The van der Waals surface area contributed by atoms with E-state index in [0.717, 1.165) is 0 Å². The topological polar surface area (TPSA) is 65.2 Å². The molecule has 18 heavy (non-hydrogen) atoms. The van der Waals surface area contributed by atoms with Crippen LogP contribution >= 0.6 is 11.6 Å². The molecule has 7 heteroatoms. The Morgan fingerprint density at radius 3 is 2.78 bits per heavy atom. The molecular formula is C11H13ClF2N2O2. The molecule has 1 aromatic heterocycles. The average molecular weight is 279 g/mol. The average Bonchev–Trinajstić information content (AvgIpc) is 2.27. The molecule has 0 saturated carbocycles. The van der Waals surface area contributed by atoms with Crippen molar-refractivity contribution in [3.05, 3.63) is 23.0 Å². The van der Waals surface area contributed by atoms with Crippen molar-refractivity contribution in [2.45, 2.75) is 25.7 Å². The minimum absolute atomic E-state index is 0.00837. The van der Waals surface area contributed by atoms with Gasteiger partial charge in [0.05, 0.1) is 35.9 Å². The molecule has 0 atom stereocenters. The van der Waals surface area contributed by atoms with E-state index in [1.165, 1.54) is 6.07 Å². The molecule has 0 saturated heterocycles. The highest BCUT2D eigenvalue weighted by Gasteiger charge is 2.19. The molecule has 0 aromatic carbocycles. The molecule has 1 aromatic rings. The largest absolute Gasteiger partial charge is 0.466 e. The van der Waals surface area contributed by atoms with E-state index in [2.05, 4.69) is 4.98 Å². The van der Waals surface area contributed by atoms with Crippen LogP contribution in [0.2, 0.25) is 0 Å². The lowest BCUT2D eigenvalue weighted by atomic mass is 10.1. The van der Waals surface area contributed by atoms with E-state index >= 15 is 0 Å². The van der Waals surface area contributed by atoms with E-state index in [9.17, 15) is 13.6 Å². The standard InChI is InChI=1S/C11H13ClF2N2O2/c1-2-18-9(17)4-6-3-7(15)10(11(13)14)8(5-12)16-6/h3,11H,2,4-5H2,1H3,(H2,15,16). The number of halogens is 3. The van der Waals surface area contributed by atoms with Crippen LogP contribution in [0.15, 0.2) is 6.07 Å². The van der Waals surface area contributed by atoms with Gasteiger partial charge >= 0.3 is 5.97 Å². The van der Waals surface area contributed by atoms with Gasteiger partial charge in [-0.1, -0.05) is 0 Å². The number of aromatic nitrogens is 1. The third kappa shape index (κ3) is 3.53. The summed E-state index contributed by atoms with van der Waals surface area (Å²) in [7, 11) is 0. The van der Waals surface area contributed by atoms with Crippen molar-refractivity contribution in [2.24, 2.45) is 0 Å². The van der Waals surface area contributed by atoms with Crippen molar-refractivity contribution in [3.8, 4) is 0 Å². The number of nitrogens with two attached hydrogens (primary N) is 1. The lowest BCUT2D eigenvalue weighted by Crippen LogP contribution is -2.12. The highest BCUT2D eigenvalue weighted by molar-refractivity contribution is 6.17. The lowest BCUT2D eigenvalue weighted by Gasteiger charge is -2.11. The molecule has 1 rings (SSSR count). The molecule has 0 spiro atoms. The van der Waals surface area contributed by atoms with Crippen LogP contribution in [-0.2, 0) is 21.8 Å². The first-order valence-electron chi connectivity index (χ1n) is 5.27. The van der Waals surface area contributed by atoms with Crippen molar-refractivity contribution >= 4 is 23.3 Å². The molecule has 0 bridgehead atoms. The van der Waals surface area contributed by atoms with Gasteiger partial charge in [-0.15, -0.1) is 11.6 Å². The van der Waals surface area contributed by atoms with Crippen LogP contribution in [0, 0.1) is 0 Å². The fraction of sp³-hybridized carbons (Fsp3) is 0.455. The summed E-state index contributed by atoms with van der Waals surface area (Å²) in [4.78, 5) is 15.2. The first-order valence-corrected chi connectivity index (χ1v) is 5.80. The van der Waals surface area contributed by atoms with Crippen LogP contribution in [0.3, 0.4) is 0 Å². The van der Waals surface area contributed by atoms with Gasteiger partial charge in [0.2, 0.25) is 0 Å². The number of nitrogens with zero attached hydrogens (tertiary/aromatic N) is 1. The zero-order chi connectivity index (χ0) is 13.7. The summed E-state index contributed by atoms with van der Waals surface area (Å²) < 4.78 is 30.2. The van der Waals surface area contributed by atoms with E-state index in [0.29, 0.717) is 0 Å². The van der Waals surface area contributed by atoms with Crippen LogP contribution in [0.25, 0.3) is 0 Å². The second-order valence-electron chi connectivity index (χ2n) is 3.48. The van der Waals surface area contributed by atoms with E-state index < -0.39 is 12.4 Å². The zero-order valence-corrected chi connectivity index (χ0v) is 10.5. The molecule has 4 nitrogen and oxygen atoms in total. The maximum Gasteiger partial charge on any atom is 0.311 e. The number of ether oxygens (including phenoxy) is 1. The number of hydrogen-bond acceptors (Lipinski definition) is 4. The van der Waals surface area contributed by atoms with Crippen LogP contribution in [-0.4, -0.2) is 17.6 Å². The Bertz CT molecular complexity index is 441. The molecule has 0 fully saturated rings. The van der Waals surface area contributed by atoms with E-state index in [1.807, 2.05) is 0 Å². The quantitative estimate of drug-likeness (QED) is 0.664. The first-order chi connectivity index (χ1) is 8.49. The Morgan fingerprint density at radius 2 is 2.28 bits per heavy atom. The molecule has 0 aliphatic rings. The van der Waals surface area contributed by atoms with Gasteiger partial charge in [-0.3, -0.25) is 9.78 Å². The van der Waals surface area contributed by atoms with Gasteiger partial charge in [-0.25, -0.2) is 8.78 Å². The Balaban J connectivity index is 3.03. The molecule has 1 heterocycles. The fourth-order valence-electron chi connectivity index (χ4n) is 1.49. The van der Waals surface area contributed by atoms with E-state index in [4.69, 9.17) is 22.1 Å². The maximum absolute atomic E-state index is 12.7. The molecule has 2 N–H and O–H groups in total. The summed E-state index contributed by atoms with van der Waals surface area (Å²) in [6, 6.07) is 1.24. The van der Waals surface area contributed by atoms with E-state index in [1.54, 1.807) is 6.92 Å². The predicted molar refractivity (Wildman–Crippen MR) is 63.5 cm³/mol. The van der Waals surface area contributed by atoms with Crippen LogP contribution in [0.1, 0.15) is 30.3 Å². The van der Waals surface area contributed by atoms with Crippen LogP contribution in [0.5, 0.6) is 0 Å². The summed E-state index contributed by atoms with van der Waals surface area (Å²) in [6.45, 7) is 1.91. The molecule has 100 valence electrons. The molecule has 0 amide bonds. The fourth-order valence-corrected chi connectivity index (χ4v) is 1.70. The molecular weight excluding hydrogens is 266 g/mol. The highest BCUT2D eigenvalue weighted by atomic mass is 35.5. The minimum atomic E-state index is -2.75. The molecule has 0 aliphatic heterocycles. The molecule has 0 radical (unpaired) electrons. The van der Waals surface area contributed by atoms with Gasteiger partial charge in [0.15, 0.2) is 0 Å². The van der Waals surface area contributed by atoms with Gasteiger partial charge in [0.25, 0.3) is 6.43 Å². The number of carbonyl (C=O) groups is 1. The highest BCUT2D eigenvalue weighted by Crippen LogP contribution is 2.29.